The first kappa shape index (κ1) is 23.0. The van der Waals surface area contributed by atoms with E-state index < -0.39 is 11.9 Å². The van der Waals surface area contributed by atoms with Crippen LogP contribution in [-0.4, -0.2) is 12.6 Å². The fraction of sp³-hybridized carbons (Fsp3) is 0.111. The van der Waals surface area contributed by atoms with Gasteiger partial charge >= 0.3 is 5.97 Å². The highest BCUT2D eigenvalue weighted by atomic mass is 35.5. The number of carbonyl (C=O) groups is 1. The van der Waals surface area contributed by atoms with E-state index in [2.05, 4.69) is 6.07 Å². The lowest BCUT2D eigenvalue weighted by molar-refractivity contribution is -0.128. The molecule has 0 amide bonds. The lowest BCUT2D eigenvalue weighted by Crippen LogP contribution is -2.21. The van der Waals surface area contributed by atoms with Crippen LogP contribution in [0.4, 0.5) is 0 Å². The van der Waals surface area contributed by atoms with E-state index in [0.29, 0.717) is 34.3 Å². The lowest BCUT2D eigenvalue weighted by Gasteiger charge is -2.27. The molecule has 0 bridgehead atoms. The number of nitriles is 1. The number of halogens is 1. The second kappa shape index (κ2) is 10.2. The van der Waals surface area contributed by atoms with Gasteiger partial charge in [-0.3, -0.25) is 0 Å². The Bertz CT molecular complexity index is 1340. The van der Waals surface area contributed by atoms with E-state index in [4.69, 9.17) is 31.5 Å². The molecule has 2 N–H and O–H groups in total. The zero-order valence-electron chi connectivity index (χ0n) is 18.3. The second-order valence-corrected chi connectivity index (χ2v) is 7.81. The van der Waals surface area contributed by atoms with Crippen molar-refractivity contribution in [3.63, 3.8) is 0 Å². The minimum absolute atomic E-state index is 0.00362. The first-order valence-electron chi connectivity index (χ1n) is 10.6. The molecule has 1 unspecified atom stereocenters. The number of fused-ring (bicyclic) bond motifs is 1. The summed E-state index contributed by atoms with van der Waals surface area (Å²) >= 11 is 6.11. The second-order valence-electron chi connectivity index (χ2n) is 7.41. The number of hydrogen-bond acceptors (Lipinski definition) is 6. The molecule has 0 aliphatic carbocycles. The molecule has 34 heavy (non-hydrogen) atoms. The van der Waals surface area contributed by atoms with E-state index in [0.717, 1.165) is 11.1 Å². The Morgan fingerprint density at radius 1 is 1.15 bits per heavy atom. The molecule has 3 aromatic carbocycles. The maximum Gasteiger partial charge on any atom is 0.336 e. The van der Waals surface area contributed by atoms with E-state index in [1.807, 2.05) is 43.3 Å². The van der Waals surface area contributed by atoms with Gasteiger partial charge in [0.25, 0.3) is 0 Å². The summed E-state index contributed by atoms with van der Waals surface area (Å²) in [5.41, 5.74) is 8.64. The zero-order chi connectivity index (χ0) is 24.1. The summed E-state index contributed by atoms with van der Waals surface area (Å²) in [6, 6.07) is 21.8. The van der Waals surface area contributed by atoms with Crippen molar-refractivity contribution in [1.29, 1.82) is 5.26 Å². The molecule has 1 atom stereocenters. The highest BCUT2D eigenvalue weighted by molar-refractivity contribution is 6.32. The Hall–Kier alpha value is -4.21. The predicted molar refractivity (Wildman–Crippen MR) is 129 cm³/mol. The number of rotatable bonds is 6. The van der Waals surface area contributed by atoms with Crippen LogP contribution >= 0.6 is 11.6 Å². The summed E-state index contributed by atoms with van der Waals surface area (Å²) in [5, 5.41) is 10.3. The highest BCUT2D eigenvalue weighted by Crippen LogP contribution is 2.44. The monoisotopic (exact) mass is 472 g/mol. The summed E-state index contributed by atoms with van der Waals surface area (Å²) in [7, 11) is 0. The van der Waals surface area contributed by atoms with Crippen molar-refractivity contribution in [2.45, 2.75) is 12.8 Å². The van der Waals surface area contributed by atoms with Crippen LogP contribution in [0.1, 0.15) is 29.5 Å². The third-order valence-electron chi connectivity index (χ3n) is 5.22. The summed E-state index contributed by atoms with van der Waals surface area (Å²) in [6.45, 7) is 2.43. The zero-order valence-corrected chi connectivity index (χ0v) is 19.1. The van der Waals surface area contributed by atoms with E-state index in [1.165, 1.54) is 6.08 Å². The van der Waals surface area contributed by atoms with Crippen molar-refractivity contribution in [2.24, 2.45) is 5.73 Å². The number of esters is 1. The number of hydrogen-bond donors (Lipinski definition) is 1. The van der Waals surface area contributed by atoms with Crippen LogP contribution in [0.5, 0.6) is 17.2 Å². The van der Waals surface area contributed by atoms with Crippen LogP contribution in [0.3, 0.4) is 0 Å². The molecule has 1 aliphatic heterocycles. The molecule has 0 saturated carbocycles. The smallest absolute Gasteiger partial charge is 0.336 e. The minimum atomic E-state index is -0.571. The average molecular weight is 473 g/mol. The van der Waals surface area contributed by atoms with Gasteiger partial charge in [0.05, 0.1) is 12.5 Å². The summed E-state index contributed by atoms with van der Waals surface area (Å²) in [6.07, 6.45) is 2.88. The maximum absolute atomic E-state index is 12.3. The van der Waals surface area contributed by atoms with Crippen molar-refractivity contribution >= 4 is 23.6 Å². The van der Waals surface area contributed by atoms with E-state index in [-0.39, 0.29) is 11.6 Å². The van der Waals surface area contributed by atoms with Gasteiger partial charge in [-0.1, -0.05) is 48.0 Å². The lowest BCUT2D eigenvalue weighted by atomic mass is 9.83. The maximum atomic E-state index is 12.3. The minimum Gasteiger partial charge on any atom is -0.494 e. The van der Waals surface area contributed by atoms with Gasteiger partial charge in [0.15, 0.2) is 0 Å². The fourth-order valence-corrected chi connectivity index (χ4v) is 3.91. The molecule has 0 fully saturated rings. The van der Waals surface area contributed by atoms with Crippen LogP contribution in [-0.2, 0) is 4.79 Å². The SMILES string of the molecule is CCOc1cccc(C2C(C#N)=C(N)Oc3cc(OC(=O)/C=C/c4ccccc4Cl)ccc32)c1. The van der Waals surface area contributed by atoms with Gasteiger partial charge in [-0.05, 0) is 48.4 Å². The van der Waals surface area contributed by atoms with Crippen LogP contribution in [0.15, 0.2) is 84.3 Å². The van der Waals surface area contributed by atoms with Crippen LogP contribution < -0.4 is 19.9 Å². The number of nitrogens with zero attached hydrogens (tertiary/aromatic N) is 1. The Balaban J connectivity index is 1.61. The normalized spacial score (nSPS) is 14.8. The van der Waals surface area contributed by atoms with Gasteiger partial charge < -0.3 is 19.9 Å². The molecule has 0 spiro atoms. The average Bonchev–Trinajstić information content (AvgIpc) is 2.83. The summed E-state index contributed by atoms with van der Waals surface area (Å²) in [4.78, 5) is 12.3. The third kappa shape index (κ3) is 4.90. The number of nitrogens with two attached hydrogens (primary N) is 1. The van der Waals surface area contributed by atoms with Crippen molar-refractivity contribution in [2.75, 3.05) is 6.61 Å². The standard InChI is InChI=1S/C27H21ClN2O4/c1-2-32-19-8-5-7-18(14-19)26-21-12-11-20(15-24(21)34-27(30)22(26)16-29)33-25(31)13-10-17-6-3-4-9-23(17)28/h3-15,26H,2,30H2,1H3/b13-10+. The molecule has 3 aromatic rings. The molecule has 0 radical (unpaired) electrons. The predicted octanol–water partition coefficient (Wildman–Crippen LogP) is 5.58. The molecule has 7 heteroatoms. The largest absolute Gasteiger partial charge is 0.494 e. The van der Waals surface area contributed by atoms with Gasteiger partial charge in [0, 0.05) is 22.7 Å². The molecule has 0 saturated heterocycles. The van der Waals surface area contributed by atoms with Crippen molar-refractivity contribution in [1.82, 2.24) is 0 Å². The summed E-state index contributed by atoms with van der Waals surface area (Å²) in [5.74, 6) is 0.367. The molecule has 4 rings (SSSR count). The van der Waals surface area contributed by atoms with Gasteiger partial charge in [-0.25, -0.2) is 4.79 Å². The van der Waals surface area contributed by atoms with Gasteiger partial charge in [0.1, 0.15) is 28.9 Å². The van der Waals surface area contributed by atoms with Gasteiger partial charge in [-0.2, -0.15) is 5.26 Å². The van der Waals surface area contributed by atoms with Crippen LogP contribution in [0.2, 0.25) is 5.02 Å². The quantitative estimate of drug-likeness (QED) is 0.286. The Kier molecular flexibility index (Phi) is 6.86. The van der Waals surface area contributed by atoms with E-state index in [1.54, 1.807) is 36.4 Å². The van der Waals surface area contributed by atoms with Gasteiger partial charge in [-0.15, -0.1) is 0 Å². The first-order chi connectivity index (χ1) is 16.5. The molecule has 1 aliphatic rings. The van der Waals surface area contributed by atoms with Crippen molar-refractivity contribution in [3.05, 3.63) is 106 Å². The molecular formula is C27H21ClN2O4. The summed E-state index contributed by atoms with van der Waals surface area (Å²) < 4.78 is 16.8. The highest BCUT2D eigenvalue weighted by Gasteiger charge is 2.31. The molecular weight excluding hydrogens is 452 g/mol. The topological polar surface area (TPSA) is 94.6 Å². The Morgan fingerprint density at radius 2 is 1.97 bits per heavy atom. The number of benzene rings is 3. The third-order valence-corrected chi connectivity index (χ3v) is 5.56. The van der Waals surface area contributed by atoms with E-state index >= 15 is 0 Å². The van der Waals surface area contributed by atoms with E-state index in [9.17, 15) is 10.1 Å². The van der Waals surface area contributed by atoms with Crippen molar-refractivity contribution < 1.29 is 19.0 Å². The molecule has 1 heterocycles. The van der Waals surface area contributed by atoms with Crippen molar-refractivity contribution in [3.8, 4) is 23.3 Å². The first-order valence-corrected chi connectivity index (χ1v) is 11.0. The number of carbonyl (C=O) groups excluding carboxylic acids is 1. The Labute approximate surface area is 202 Å². The number of ether oxygens (including phenoxy) is 3. The fourth-order valence-electron chi connectivity index (χ4n) is 3.71. The van der Waals surface area contributed by atoms with Crippen LogP contribution in [0, 0.1) is 11.3 Å². The molecule has 0 aromatic heterocycles. The van der Waals surface area contributed by atoms with Crippen LogP contribution in [0.25, 0.3) is 6.08 Å². The molecule has 6 nitrogen and oxygen atoms in total. The van der Waals surface area contributed by atoms with Gasteiger partial charge in [0.2, 0.25) is 5.88 Å². The molecule has 170 valence electrons. The Morgan fingerprint density at radius 3 is 2.74 bits per heavy atom. The number of allylic oxidation sites excluding steroid dienone is 1.